The van der Waals surface area contributed by atoms with E-state index in [4.69, 9.17) is 9.47 Å². The summed E-state index contributed by atoms with van der Waals surface area (Å²) in [6.07, 6.45) is -0.423. The van der Waals surface area contributed by atoms with E-state index < -0.39 is 6.10 Å². The molecule has 0 fully saturated rings. The van der Waals surface area contributed by atoms with Crippen LogP contribution in [0.25, 0.3) is 0 Å². The van der Waals surface area contributed by atoms with Crippen LogP contribution in [-0.2, 0) is 9.53 Å². The van der Waals surface area contributed by atoms with E-state index in [0.29, 0.717) is 13.0 Å². The molecule has 1 atom stereocenters. The van der Waals surface area contributed by atoms with Gasteiger partial charge in [0.2, 0.25) is 5.91 Å². The first-order valence-corrected chi connectivity index (χ1v) is 5.75. The first kappa shape index (κ1) is 14.5. The number of benzene rings is 1. The summed E-state index contributed by atoms with van der Waals surface area (Å²) in [7, 11) is 3.13. The summed E-state index contributed by atoms with van der Waals surface area (Å²) in [6, 6.07) is 7.08. The van der Waals surface area contributed by atoms with Gasteiger partial charge >= 0.3 is 0 Å². The van der Waals surface area contributed by atoms with Crippen molar-refractivity contribution in [2.45, 2.75) is 12.5 Å². The minimum atomic E-state index is -0.720. The highest BCUT2D eigenvalue weighted by atomic mass is 16.5. The molecule has 0 aromatic heterocycles. The van der Waals surface area contributed by atoms with E-state index >= 15 is 0 Å². The van der Waals surface area contributed by atoms with Gasteiger partial charge in [0, 0.05) is 20.1 Å². The van der Waals surface area contributed by atoms with Gasteiger partial charge in [0.05, 0.1) is 19.8 Å². The monoisotopic (exact) mass is 253 g/mol. The topological polar surface area (TPSA) is 67.8 Å². The van der Waals surface area contributed by atoms with Crippen molar-refractivity contribution in [1.82, 2.24) is 5.32 Å². The summed E-state index contributed by atoms with van der Waals surface area (Å²) in [4.78, 5) is 11.3. The average molecular weight is 253 g/mol. The third-order valence-electron chi connectivity index (χ3n) is 2.53. The molecule has 0 aliphatic heterocycles. The second kappa shape index (κ2) is 7.68. The first-order chi connectivity index (χ1) is 8.67. The maximum absolute atomic E-state index is 11.3. The molecule has 0 aliphatic carbocycles. The molecule has 1 unspecified atom stereocenters. The molecule has 0 radical (unpaired) electrons. The second-order valence-electron chi connectivity index (χ2n) is 3.84. The zero-order chi connectivity index (χ0) is 13.4. The summed E-state index contributed by atoms with van der Waals surface area (Å²) in [6.45, 7) is 0.569. The molecule has 0 bridgehead atoms. The predicted octanol–water partition coefficient (Wildman–Crippen LogP) is 0.881. The Kier molecular flexibility index (Phi) is 6.18. The van der Waals surface area contributed by atoms with E-state index in [0.717, 1.165) is 11.3 Å². The van der Waals surface area contributed by atoms with Crippen LogP contribution in [-0.4, -0.2) is 38.4 Å². The van der Waals surface area contributed by atoms with Crippen LogP contribution in [0.4, 0.5) is 0 Å². The van der Waals surface area contributed by atoms with E-state index in [1.807, 2.05) is 0 Å². The molecule has 1 aromatic carbocycles. The fraction of sp³-hybridized carbons (Fsp3) is 0.462. The van der Waals surface area contributed by atoms with Crippen LogP contribution < -0.4 is 10.1 Å². The molecule has 5 heteroatoms. The highest BCUT2D eigenvalue weighted by molar-refractivity contribution is 5.75. The van der Waals surface area contributed by atoms with Crippen LogP contribution >= 0.6 is 0 Å². The zero-order valence-corrected chi connectivity index (χ0v) is 10.7. The molecule has 0 saturated heterocycles. The number of ether oxygens (including phenoxy) is 2. The Labute approximate surface area is 107 Å². The lowest BCUT2D eigenvalue weighted by molar-refractivity contribution is -0.122. The Hall–Kier alpha value is -1.59. The summed E-state index contributed by atoms with van der Waals surface area (Å²) in [5, 5.41) is 12.5. The van der Waals surface area contributed by atoms with Gasteiger partial charge in [-0.2, -0.15) is 0 Å². The van der Waals surface area contributed by atoms with Gasteiger partial charge in [0.15, 0.2) is 0 Å². The van der Waals surface area contributed by atoms with Crippen LogP contribution in [0.3, 0.4) is 0 Å². The lowest BCUT2D eigenvalue weighted by Crippen LogP contribution is -2.28. The summed E-state index contributed by atoms with van der Waals surface area (Å²) in [5.74, 6) is 0.597. The van der Waals surface area contributed by atoms with E-state index in [-0.39, 0.29) is 12.5 Å². The molecule has 18 heavy (non-hydrogen) atoms. The summed E-state index contributed by atoms with van der Waals surface area (Å²) >= 11 is 0. The molecule has 5 nitrogen and oxygen atoms in total. The molecule has 0 saturated carbocycles. The SMILES string of the molecule is COCCC(=O)NCC(O)c1ccc(OC)cc1. The van der Waals surface area contributed by atoms with Gasteiger partial charge in [-0.1, -0.05) is 12.1 Å². The number of aliphatic hydroxyl groups excluding tert-OH is 1. The summed E-state index contributed by atoms with van der Waals surface area (Å²) in [5.41, 5.74) is 0.739. The van der Waals surface area contributed by atoms with Crippen molar-refractivity contribution in [2.24, 2.45) is 0 Å². The number of hydrogen-bond donors (Lipinski definition) is 2. The van der Waals surface area contributed by atoms with Gasteiger partial charge < -0.3 is 19.9 Å². The fourth-order valence-corrected chi connectivity index (χ4v) is 1.44. The van der Waals surface area contributed by atoms with Crippen molar-refractivity contribution >= 4 is 5.91 Å². The number of carbonyl (C=O) groups excluding carboxylic acids is 1. The van der Waals surface area contributed by atoms with Crippen molar-refractivity contribution in [3.8, 4) is 5.75 Å². The normalized spacial score (nSPS) is 11.9. The van der Waals surface area contributed by atoms with E-state index in [1.165, 1.54) is 0 Å². The average Bonchev–Trinajstić information content (AvgIpc) is 2.42. The maximum Gasteiger partial charge on any atom is 0.222 e. The molecular formula is C13H19NO4. The molecule has 0 aliphatic rings. The molecular weight excluding hydrogens is 234 g/mol. The van der Waals surface area contributed by atoms with Crippen LogP contribution in [0.1, 0.15) is 18.1 Å². The van der Waals surface area contributed by atoms with E-state index in [1.54, 1.807) is 38.5 Å². The molecule has 100 valence electrons. The number of aliphatic hydroxyl groups is 1. The Balaban J connectivity index is 2.39. The van der Waals surface area contributed by atoms with Gasteiger partial charge in [-0.25, -0.2) is 0 Å². The van der Waals surface area contributed by atoms with Gasteiger partial charge in [-0.05, 0) is 17.7 Å². The Bertz CT molecular complexity index is 364. The van der Waals surface area contributed by atoms with Crippen molar-refractivity contribution < 1.29 is 19.4 Å². The Morgan fingerprint density at radius 2 is 2.00 bits per heavy atom. The largest absolute Gasteiger partial charge is 0.497 e. The van der Waals surface area contributed by atoms with Crippen molar-refractivity contribution in [3.05, 3.63) is 29.8 Å². The lowest BCUT2D eigenvalue weighted by atomic mass is 10.1. The van der Waals surface area contributed by atoms with Gasteiger partial charge in [-0.15, -0.1) is 0 Å². The van der Waals surface area contributed by atoms with Crippen molar-refractivity contribution in [3.63, 3.8) is 0 Å². The molecule has 1 amide bonds. The third kappa shape index (κ3) is 4.73. The second-order valence-corrected chi connectivity index (χ2v) is 3.84. The van der Waals surface area contributed by atoms with Crippen LogP contribution in [0.2, 0.25) is 0 Å². The minimum absolute atomic E-state index is 0.135. The number of hydrogen-bond acceptors (Lipinski definition) is 4. The standard InChI is InChI=1S/C13H19NO4/c1-17-8-7-13(16)14-9-12(15)10-3-5-11(18-2)6-4-10/h3-6,12,15H,7-9H2,1-2H3,(H,14,16). The molecule has 2 N–H and O–H groups in total. The molecule has 0 heterocycles. The van der Waals surface area contributed by atoms with Gasteiger partial charge in [0.1, 0.15) is 5.75 Å². The predicted molar refractivity (Wildman–Crippen MR) is 67.5 cm³/mol. The smallest absolute Gasteiger partial charge is 0.222 e. The van der Waals surface area contributed by atoms with Gasteiger partial charge in [-0.3, -0.25) is 4.79 Å². The number of amides is 1. The van der Waals surface area contributed by atoms with Crippen LogP contribution in [0.5, 0.6) is 5.75 Å². The van der Waals surface area contributed by atoms with Crippen LogP contribution in [0, 0.1) is 0 Å². The molecule has 0 spiro atoms. The highest BCUT2D eigenvalue weighted by Crippen LogP contribution is 2.16. The van der Waals surface area contributed by atoms with Crippen LogP contribution in [0.15, 0.2) is 24.3 Å². The lowest BCUT2D eigenvalue weighted by Gasteiger charge is -2.12. The minimum Gasteiger partial charge on any atom is -0.497 e. The van der Waals surface area contributed by atoms with E-state index in [2.05, 4.69) is 5.32 Å². The summed E-state index contributed by atoms with van der Waals surface area (Å²) < 4.78 is 9.82. The van der Waals surface area contributed by atoms with E-state index in [9.17, 15) is 9.90 Å². The zero-order valence-electron chi connectivity index (χ0n) is 10.7. The Morgan fingerprint density at radius 1 is 1.33 bits per heavy atom. The number of rotatable bonds is 7. The van der Waals surface area contributed by atoms with Crippen molar-refractivity contribution in [1.29, 1.82) is 0 Å². The number of nitrogens with one attached hydrogen (secondary N) is 1. The number of carbonyl (C=O) groups is 1. The number of methoxy groups -OCH3 is 2. The third-order valence-corrected chi connectivity index (χ3v) is 2.53. The van der Waals surface area contributed by atoms with Gasteiger partial charge in [0.25, 0.3) is 0 Å². The maximum atomic E-state index is 11.3. The van der Waals surface area contributed by atoms with Crippen molar-refractivity contribution in [2.75, 3.05) is 27.4 Å². The quantitative estimate of drug-likeness (QED) is 0.757. The Morgan fingerprint density at radius 3 is 2.56 bits per heavy atom. The fourth-order valence-electron chi connectivity index (χ4n) is 1.44. The molecule has 1 rings (SSSR count). The first-order valence-electron chi connectivity index (χ1n) is 5.75. The highest BCUT2D eigenvalue weighted by Gasteiger charge is 2.09. The molecule has 1 aromatic rings.